The van der Waals surface area contributed by atoms with Crippen LogP contribution in [0.2, 0.25) is 0 Å². The molecule has 0 bridgehead atoms. The van der Waals surface area contributed by atoms with Gasteiger partial charge in [0.15, 0.2) is 0 Å². The van der Waals surface area contributed by atoms with Crippen molar-refractivity contribution in [2.45, 2.75) is 0 Å². The van der Waals surface area contributed by atoms with Crippen LogP contribution in [0.1, 0.15) is 5.56 Å². The Hall–Kier alpha value is -2.48. The first kappa shape index (κ1) is 13.6. The second-order valence-electron chi connectivity index (χ2n) is 3.36. The monoisotopic (exact) mass is 246 g/mol. The van der Waals surface area contributed by atoms with Crippen LogP contribution in [0.15, 0.2) is 23.8 Å². The summed E-state index contributed by atoms with van der Waals surface area (Å²) in [6, 6.07) is 6.99. The van der Waals surface area contributed by atoms with Crippen molar-refractivity contribution in [1.29, 1.82) is 5.26 Å². The molecular weight excluding hydrogens is 232 g/mol. The molecule has 0 aliphatic heterocycles. The van der Waals surface area contributed by atoms with E-state index in [1.165, 1.54) is 20.2 Å². The number of nitriles is 1. The normalized spacial score (nSPS) is 10.4. The van der Waals surface area contributed by atoms with Crippen LogP contribution >= 0.6 is 0 Å². The number of carbonyl (C=O) groups is 1. The van der Waals surface area contributed by atoms with Gasteiger partial charge in [0.2, 0.25) is 0 Å². The molecule has 18 heavy (non-hydrogen) atoms. The topological polar surface area (TPSA) is 71.4 Å². The second-order valence-corrected chi connectivity index (χ2v) is 3.36. The third-order valence-corrected chi connectivity index (χ3v) is 2.33. The maximum atomic E-state index is 11.4. The lowest BCUT2D eigenvalue weighted by atomic mass is 10.1. The van der Waals surface area contributed by atoms with Crippen molar-refractivity contribution in [2.24, 2.45) is 0 Å². The molecule has 1 amide bonds. The third kappa shape index (κ3) is 3.01. The van der Waals surface area contributed by atoms with Crippen LogP contribution in [-0.4, -0.2) is 27.2 Å². The van der Waals surface area contributed by atoms with Crippen molar-refractivity contribution in [3.63, 3.8) is 0 Å². The fourth-order valence-corrected chi connectivity index (χ4v) is 1.39. The van der Waals surface area contributed by atoms with Gasteiger partial charge in [-0.2, -0.15) is 5.26 Å². The zero-order valence-electron chi connectivity index (χ0n) is 10.5. The predicted molar refractivity (Wildman–Crippen MR) is 67.2 cm³/mol. The molecule has 5 nitrogen and oxygen atoms in total. The van der Waals surface area contributed by atoms with E-state index in [-0.39, 0.29) is 5.57 Å². The molecule has 1 aromatic rings. The number of amides is 1. The Balaban J connectivity index is 3.26. The van der Waals surface area contributed by atoms with Crippen molar-refractivity contribution in [3.05, 3.63) is 29.3 Å². The summed E-state index contributed by atoms with van der Waals surface area (Å²) in [5.41, 5.74) is 0.612. The van der Waals surface area contributed by atoms with Gasteiger partial charge in [0, 0.05) is 12.6 Å². The van der Waals surface area contributed by atoms with Gasteiger partial charge in [0.1, 0.15) is 23.1 Å². The van der Waals surface area contributed by atoms with Crippen LogP contribution in [0, 0.1) is 11.3 Å². The zero-order chi connectivity index (χ0) is 13.5. The van der Waals surface area contributed by atoms with E-state index in [0.717, 1.165) is 0 Å². The number of nitrogens with one attached hydrogen (secondary N) is 1. The van der Waals surface area contributed by atoms with Gasteiger partial charge in [-0.25, -0.2) is 0 Å². The van der Waals surface area contributed by atoms with Crippen LogP contribution in [0.5, 0.6) is 11.5 Å². The molecule has 1 rings (SSSR count). The van der Waals surface area contributed by atoms with Crippen LogP contribution in [0.3, 0.4) is 0 Å². The second kappa shape index (κ2) is 6.30. The van der Waals surface area contributed by atoms with Gasteiger partial charge in [-0.1, -0.05) is 0 Å². The summed E-state index contributed by atoms with van der Waals surface area (Å²) in [6.45, 7) is 0. The highest BCUT2D eigenvalue weighted by Gasteiger charge is 2.09. The third-order valence-electron chi connectivity index (χ3n) is 2.33. The summed E-state index contributed by atoms with van der Waals surface area (Å²) in [6.07, 6.45) is 1.46. The van der Waals surface area contributed by atoms with Crippen LogP contribution in [0.4, 0.5) is 0 Å². The molecule has 0 spiro atoms. The van der Waals surface area contributed by atoms with Crippen LogP contribution < -0.4 is 14.8 Å². The Kier molecular flexibility index (Phi) is 4.76. The van der Waals surface area contributed by atoms with E-state index in [1.54, 1.807) is 25.3 Å². The predicted octanol–water partition coefficient (Wildman–Crippen LogP) is 1.36. The SMILES string of the molecule is CNC(=O)/C(C#N)=C\c1cc(OC)ccc1OC. The lowest BCUT2D eigenvalue weighted by Crippen LogP contribution is -2.19. The Labute approximate surface area is 106 Å². The summed E-state index contributed by atoms with van der Waals surface area (Å²) in [5.74, 6) is 0.742. The number of ether oxygens (including phenoxy) is 2. The fourth-order valence-electron chi connectivity index (χ4n) is 1.39. The molecule has 0 heterocycles. The minimum Gasteiger partial charge on any atom is -0.497 e. The average molecular weight is 246 g/mol. The molecule has 0 fully saturated rings. The van der Waals surface area contributed by atoms with Gasteiger partial charge in [-0.15, -0.1) is 0 Å². The average Bonchev–Trinajstić information content (AvgIpc) is 2.43. The van der Waals surface area contributed by atoms with E-state index < -0.39 is 5.91 Å². The van der Waals surface area contributed by atoms with Crippen molar-refractivity contribution in [3.8, 4) is 17.6 Å². The van der Waals surface area contributed by atoms with E-state index in [4.69, 9.17) is 14.7 Å². The molecule has 1 N–H and O–H groups in total. The Morgan fingerprint density at radius 3 is 2.61 bits per heavy atom. The largest absolute Gasteiger partial charge is 0.497 e. The zero-order valence-corrected chi connectivity index (χ0v) is 10.5. The molecule has 0 radical (unpaired) electrons. The summed E-state index contributed by atoms with van der Waals surface area (Å²) >= 11 is 0. The highest BCUT2D eigenvalue weighted by Crippen LogP contribution is 2.26. The summed E-state index contributed by atoms with van der Waals surface area (Å²) in [7, 11) is 4.53. The number of rotatable bonds is 4. The quantitative estimate of drug-likeness (QED) is 0.643. The lowest BCUT2D eigenvalue weighted by molar-refractivity contribution is -0.116. The molecule has 0 saturated heterocycles. The fraction of sp³-hybridized carbons (Fsp3) is 0.231. The number of nitrogens with zero attached hydrogens (tertiary/aromatic N) is 1. The van der Waals surface area contributed by atoms with Crippen molar-refractivity contribution < 1.29 is 14.3 Å². The Morgan fingerprint density at radius 2 is 2.11 bits per heavy atom. The first-order chi connectivity index (χ1) is 8.65. The summed E-state index contributed by atoms with van der Waals surface area (Å²) < 4.78 is 10.3. The first-order valence-electron chi connectivity index (χ1n) is 5.22. The van der Waals surface area contributed by atoms with Gasteiger partial charge in [-0.3, -0.25) is 4.79 Å². The Morgan fingerprint density at radius 1 is 1.39 bits per heavy atom. The molecule has 5 heteroatoms. The summed E-state index contributed by atoms with van der Waals surface area (Å²) in [4.78, 5) is 11.4. The van der Waals surface area contributed by atoms with Crippen molar-refractivity contribution in [1.82, 2.24) is 5.32 Å². The van der Waals surface area contributed by atoms with E-state index in [1.807, 2.05) is 6.07 Å². The first-order valence-corrected chi connectivity index (χ1v) is 5.22. The molecular formula is C13H14N2O3. The van der Waals surface area contributed by atoms with E-state index >= 15 is 0 Å². The highest BCUT2D eigenvalue weighted by molar-refractivity contribution is 6.01. The molecule has 0 aromatic heterocycles. The van der Waals surface area contributed by atoms with Gasteiger partial charge in [-0.05, 0) is 24.3 Å². The maximum absolute atomic E-state index is 11.4. The van der Waals surface area contributed by atoms with Gasteiger partial charge < -0.3 is 14.8 Å². The van der Waals surface area contributed by atoms with E-state index in [0.29, 0.717) is 17.1 Å². The number of likely N-dealkylation sites (N-methyl/N-ethyl adjacent to an activating group) is 1. The minimum absolute atomic E-state index is 0.00375. The highest BCUT2D eigenvalue weighted by atomic mass is 16.5. The van der Waals surface area contributed by atoms with Crippen molar-refractivity contribution in [2.75, 3.05) is 21.3 Å². The molecule has 0 saturated carbocycles. The van der Waals surface area contributed by atoms with Gasteiger partial charge in [0.25, 0.3) is 5.91 Å². The van der Waals surface area contributed by atoms with Gasteiger partial charge in [0.05, 0.1) is 14.2 Å². The smallest absolute Gasteiger partial charge is 0.261 e. The van der Waals surface area contributed by atoms with Crippen LogP contribution in [0.25, 0.3) is 6.08 Å². The standard InChI is InChI=1S/C13H14N2O3/c1-15-13(16)10(8-14)6-9-7-11(17-2)4-5-12(9)18-3/h4-7H,1-3H3,(H,15,16)/b10-6-. The minimum atomic E-state index is -0.442. The maximum Gasteiger partial charge on any atom is 0.261 e. The lowest BCUT2D eigenvalue weighted by Gasteiger charge is -2.07. The number of carbonyl (C=O) groups excluding carboxylic acids is 1. The Bertz CT molecular complexity index is 515. The molecule has 1 aromatic carbocycles. The number of methoxy groups -OCH3 is 2. The molecule has 0 aliphatic carbocycles. The molecule has 0 unspecified atom stereocenters. The molecule has 0 aliphatic rings. The van der Waals surface area contributed by atoms with Crippen LogP contribution in [-0.2, 0) is 4.79 Å². The van der Waals surface area contributed by atoms with Gasteiger partial charge >= 0.3 is 0 Å². The van der Waals surface area contributed by atoms with E-state index in [9.17, 15) is 4.79 Å². The van der Waals surface area contributed by atoms with E-state index in [2.05, 4.69) is 5.32 Å². The summed E-state index contributed by atoms with van der Waals surface area (Å²) in [5, 5.41) is 11.3. The van der Waals surface area contributed by atoms with Crippen molar-refractivity contribution >= 4 is 12.0 Å². The number of benzene rings is 1. The number of hydrogen-bond acceptors (Lipinski definition) is 4. The molecule has 0 atom stereocenters. The number of hydrogen-bond donors (Lipinski definition) is 1. The molecule has 94 valence electrons.